The maximum Gasteiger partial charge on any atom is 0.123 e. The number of ether oxygens (including phenoxy) is 1. The molecule has 0 spiro atoms. The van der Waals surface area contributed by atoms with E-state index in [4.69, 9.17) is 15.9 Å². The first-order chi connectivity index (χ1) is 8.42. The molecular weight excluding hydrogens is 294 g/mol. The number of nitrogens with two attached hydrogens (primary N) is 1. The number of amidine groups is 1. The van der Waals surface area contributed by atoms with E-state index in [1.165, 1.54) is 0 Å². The van der Waals surface area contributed by atoms with Crippen LogP contribution in [0.5, 0.6) is 0 Å². The van der Waals surface area contributed by atoms with Crippen LogP contribution in [-0.4, -0.2) is 31.1 Å². The molecule has 1 aliphatic rings. The molecule has 5 heteroatoms. The summed E-state index contributed by atoms with van der Waals surface area (Å²) in [5.74, 6) is 0.0784. The van der Waals surface area contributed by atoms with Gasteiger partial charge in [-0.1, -0.05) is 0 Å². The van der Waals surface area contributed by atoms with Gasteiger partial charge in [-0.25, -0.2) is 0 Å². The monoisotopic (exact) mass is 311 g/mol. The van der Waals surface area contributed by atoms with Crippen LogP contribution in [-0.2, 0) is 4.74 Å². The maximum absolute atomic E-state index is 7.48. The van der Waals surface area contributed by atoms with Crippen LogP contribution in [0.4, 0.5) is 5.69 Å². The van der Waals surface area contributed by atoms with Crippen molar-refractivity contribution in [2.24, 2.45) is 5.73 Å². The zero-order valence-electron chi connectivity index (χ0n) is 10.7. The van der Waals surface area contributed by atoms with Gasteiger partial charge in [0.2, 0.25) is 0 Å². The van der Waals surface area contributed by atoms with Crippen molar-refractivity contribution in [1.29, 1.82) is 5.41 Å². The van der Waals surface area contributed by atoms with E-state index < -0.39 is 0 Å². The molecule has 0 unspecified atom stereocenters. The SMILES string of the molecule is CC1(C)COCCN1c1ccc(C(=N)N)c(Br)c1. The summed E-state index contributed by atoms with van der Waals surface area (Å²) in [6.45, 7) is 6.67. The highest BCUT2D eigenvalue weighted by atomic mass is 79.9. The van der Waals surface area contributed by atoms with Crippen molar-refractivity contribution in [2.45, 2.75) is 19.4 Å². The molecule has 1 aliphatic heterocycles. The largest absolute Gasteiger partial charge is 0.384 e. The summed E-state index contributed by atoms with van der Waals surface area (Å²) in [7, 11) is 0. The minimum Gasteiger partial charge on any atom is -0.384 e. The summed E-state index contributed by atoms with van der Waals surface area (Å²) in [5, 5.41) is 7.48. The number of anilines is 1. The third-order valence-electron chi connectivity index (χ3n) is 3.20. The standard InChI is InChI=1S/C13H18BrN3O/c1-13(2)8-18-6-5-17(13)9-3-4-10(12(15)16)11(14)7-9/h3-4,7H,5-6,8H2,1-2H3,(H3,15,16). The molecule has 1 saturated heterocycles. The second kappa shape index (κ2) is 4.90. The first-order valence-electron chi connectivity index (χ1n) is 5.91. The van der Waals surface area contributed by atoms with Crippen LogP contribution < -0.4 is 10.6 Å². The molecule has 18 heavy (non-hydrogen) atoms. The predicted molar refractivity (Wildman–Crippen MR) is 77.4 cm³/mol. The van der Waals surface area contributed by atoms with E-state index in [-0.39, 0.29) is 11.4 Å². The molecule has 1 aromatic carbocycles. The lowest BCUT2D eigenvalue weighted by molar-refractivity contribution is 0.0644. The fourth-order valence-electron chi connectivity index (χ4n) is 2.23. The van der Waals surface area contributed by atoms with Gasteiger partial charge in [0.15, 0.2) is 0 Å². The van der Waals surface area contributed by atoms with Gasteiger partial charge in [0, 0.05) is 22.3 Å². The predicted octanol–water partition coefficient (Wildman–Crippen LogP) is 2.35. The highest BCUT2D eigenvalue weighted by Crippen LogP contribution is 2.30. The van der Waals surface area contributed by atoms with Crippen LogP contribution in [0.3, 0.4) is 0 Å². The van der Waals surface area contributed by atoms with E-state index in [1.54, 1.807) is 0 Å². The molecule has 1 heterocycles. The molecule has 1 aromatic rings. The Morgan fingerprint density at radius 3 is 2.78 bits per heavy atom. The van der Waals surface area contributed by atoms with E-state index in [0.29, 0.717) is 0 Å². The van der Waals surface area contributed by atoms with Crippen LogP contribution in [0.25, 0.3) is 0 Å². The van der Waals surface area contributed by atoms with Crippen LogP contribution in [0.15, 0.2) is 22.7 Å². The summed E-state index contributed by atoms with van der Waals surface area (Å²) in [6, 6.07) is 5.91. The number of hydrogen-bond donors (Lipinski definition) is 2. The van der Waals surface area contributed by atoms with E-state index in [0.717, 1.165) is 35.5 Å². The Morgan fingerprint density at radius 2 is 2.22 bits per heavy atom. The number of halogens is 1. The summed E-state index contributed by atoms with van der Waals surface area (Å²) in [6.07, 6.45) is 0. The molecule has 0 aliphatic carbocycles. The van der Waals surface area contributed by atoms with Crippen molar-refractivity contribution in [1.82, 2.24) is 0 Å². The Balaban J connectivity index is 2.34. The van der Waals surface area contributed by atoms with Crippen molar-refractivity contribution in [2.75, 3.05) is 24.7 Å². The van der Waals surface area contributed by atoms with E-state index in [1.807, 2.05) is 18.2 Å². The fourth-order valence-corrected chi connectivity index (χ4v) is 2.81. The topological polar surface area (TPSA) is 62.3 Å². The minimum absolute atomic E-state index is 0.0184. The van der Waals surface area contributed by atoms with Gasteiger partial charge in [0.25, 0.3) is 0 Å². The van der Waals surface area contributed by atoms with Gasteiger partial charge in [0.1, 0.15) is 5.84 Å². The van der Waals surface area contributed by atoms with Gasteiger partial charge in [-0.15, -0.1) is 0 Å². The summed E-state index contributed by atoms with van der Waals surface area (Å²) in [5.41, 5.74) is 7.35. The third kappa shape index (κ3) is 2.52. The Labute approximate surface area is 116 Å². The number of morpholine rings is 1. The van der Waals surface area contributed by atoms with E-state index in [2.05, 4.69) is 34.7 Å². The van der Waals surface area contributed by atoms with Crippen LogP contribution in [0.1, 0.15) is 19.4 Å². The molecule has 0 amide bonds. The van der Waals surface area contributed by atoms with E-state index in [9.17, 15) is 0 Å². The second-order valence-corrected chi connectivity index (χ2v) is 5.95. The minimum atomic E-state index is -0.0184. The molecule has 0 atom stereocenters. The number of nitrogen functional groups attached to an aromatic ring is 1. The smallest absolute Gasteiger partial charge is 0.123 e. The molecule has 0 saturated carbocycles. The van der Waals surface area contributed by atoms with Gasteiger partial charge >= 0.3 is 0 Å². The number of nitrogens with zero attached hydrogens (tertiary/aromatic N) is 1. The average molecular weight is 312 g/mol. The lowest BCUT2D eigenvalue weighted by atomic mass is 10.0. The number of benzene rings is 1. The van der Waals surface area contributed by atoms with Gasteiger partial charge in [-0.05, 0) is 48.0 Å². The first-order valence-corrected chi connectivity index (χ1v) is 6.70. The van der Waals surface area contributed by atoms with Gasteiger partial charge < -0.3 is 15.4 Å². The van der Waals surface area contributed by atoms with Crippen LogP contribution >= 0.6 is 15.9 Å². The fraction of sp³-hybridized carbons (Fsp3) is 0.462. The van der Waals surface area contributed by atoms with Crippen molar-refractivity contribution in [3.63, 3.8) is 0 Å². The Hall–Kier alpha value is -1.07. The molecule has 98 valence electrons. The highest BCUT2D eigenvalue weighted by Gasteiger charge is 2.30. The molecule has 0 bridgehead atoms. The molecule has 4 nitrogen and oxygen atoms in total. The molecule has 2 rings (SSSR count). The Bertz CT molecular complexity index is 473. The maximum atomic E-state index is 7.48. The molecule has 3 N–H and O–H groups in total. The van der Waals surface area contributed by atoms with Crippen LogP contribution in [0.2, 0.25) is 0 Å². The Kier molecular flexibility index (Phi) is 3.64. The normalized spacial score (nSPS) is 18.7. The number of nitrogens with one attached hydrogen (secondary N) is 1. The number of hydrogen-bond acceptors (Lipinski definition) is 3. The average Bonchev–Trinajstić information content (AvgIpc) is 2.27. The highest BCUT2D eigenvalue weighted by molar-refractivity contribution is 9.10. The summed E-state index contributed by atoms with van der Waals surface area (Å²) in [4.78, 5) is 2.32. The first kappa shape index (κ1) is 13.4. The number of rotatable bonds is 2. The Morgan fingerprint density at radius 1 is 1.50 bits per heavy atom. The lowest BCUT2D eigenvalue weighted by Gasteiger charge is -2.44. The lowest BCUT2D eigenvalue weighted by Crippen LogP contribution is -2.53. The van der Waals surface area contributed by atoms with Crippen molar-refractivity contribution in [3.05, 3.63) is 28.2 Å². The zero-order valence-corrected chi connectivity index (χ0v) is 12.3. The molecule has 0 aromatic heterocycles. The van der Waals surface area contributed by atoms with Gasteiger partial charge in [-0.2, -0.15) is 0 Å². The second-order valence-electron chi connectivity index (χ2n) is 5.09. The van der Waals surface area contributed by atoms with Crippen molar-refractivity contribution < 1.29 is 4.74 Å². The summed E-state index contributed by atoms with van der Waals surface area (Å²) >= 11 is 3.47. The quantitative estimate of drug-likeness (QED) is 0.651. The van der Waals surface area contributed by atoms with Crippen molar-refractivity contribution in [3.8, 4) is 0 Å². The van der Waals surface area contributed by atoms with Crippen molar-refractivity contribution >= 4 is 27.5 Å². The molecule has 1 fully saturated rings. The summed E-state index contributed by atoms with van der Waals surface area (Å²) < 4.78 is 6.38. The third-order valence-corrected chi connectivity index (χ3v) is 3.86. The zero-order chi connectivity index (χ0) is 13.3. The molecular formula is C13H18BrN3O. The van der Waals surface area contributed by atoms with Gasteiger partial charge in [0.05, 0.1) is 18.8 Å². The molecule has 0 radical (unpaired) electrons. The van der Waals surface area contributed by atoms with Gasteiger partial charge in [-0.3, -0.25) is 5.41 Å². The van der Waals surface area contributed by atoms with Crippen LogP contribution in [0, 0.1) is 5.41 Å². The van der Waals surface area contributed by atoms with E-state index >= 15 is 0 Å².